The lowest BCUT2D eigenvalue weighted by atomic mass is 10.2. The van der Waals surface area contributed by atoms with Crippen LogP contribution in [-0.4, -0.2) is 4.57 Å². The zero-order valence-corrected chi connectivity index (χ0v) is 11.1. The van der Waals surface area contributed by atoms with Gasteiger partial charge in [0.2, 0.25) is 0 Å². The minimum Gasteiger partial charge on any atom is -0.398 e. The first-order valence-corrected chi connectivity index (χ1v) is 6.07. The third kappa shape index (κ3) is 2.58. The van der Waals surface area contributed by atoms with Crippen molar-refractivity contribution in [3.63, 3.8) is 0 Å². The summed E-state index contributed by atoms with van der Waals surface area (Å²) in [5, 5.41) is 0. The molecule has 0 spiro atoms. The second-order valence-corrected chi connectivity index (χ2v) is 4.83. The molecular weight excluding hydrogens is 280 g/mol. The Labute approximate surface area is 108 Å². The van der Waals surface area contributed by atoms with Gasteiger partial charge >= 0.3 is 0 Å². The van der Waals surface area contributed by atoms with E-state index in [2.05, 4.69) is 15.9 Å². The summed E-state index contributed by atoms with van der Waals surface area (Å²) in [4.78, 5) is 11.8. The molecule has 0 unspecified atom stereocenters. The molecule has 0 saturated carbocycles. The van der Waals surface area contributed by atoms with Crippen LogP contribution in [0.25, 0.3) is 0 Å². The molecule has 3 nitrogen and oxygen atoms in total. The Morgan fingerprint density at radius 2 is 2.12 bits per heavy atom. The van der Waals surface area contributed by atoms with E-state index >= 15 is 0 Å². The summed E-state index contributed by atoms with van der Waals surface area (Å²) in [5.41, 5.74) is 8.29. The quantitative estimate of drug-likeness (QED) is 0.865. The summed E-state index contributed by atoms with van der Waals surface area (Å²) in [6, 6.07) is 9.41. The van der Waals surface area contributed by atoms with Crippen LogP contribution in [0, 0.1) is 6.92 Å². The topological polar surface area (TPSA) is 48.0 Å². The van der Waals surface area contributed by atoms with E-state index in [9.17, 15) is 4.79 Å². The van der Waals surface area contributed by atoms with Crippen LogP contribution in [0.15, 0.2) is 45.8 Å². The fraction of sp³-hybridized carbons (Fsp3) is 0.154. The molecule has 17 heavy (non-hydrogen) atoms. The number of aryl methyl sites for hydroxylation is 1. The molecule has 0 amide bonds. The van der Waals surface area contributed by atoms with Gasteiger partial charge in [-0.05, 0) is 46.6 Å². The highest BCUT2D eigenvalue weighted by Crippen LogP contribution is 2.20. The summed E-state index contributed by atoms with van der Waals surface area (Å²) < 4.78 is 2.55. The van der Waals surface area contributed by atoms with Gasteiger partial charge in [0.25, 0.3) is 5.56 Å². The van der Waals surface area contributed by atoms with E-state index in [1.54, 1.807) is 10.8 Å². The monoisotopic (exact) mass is 292 g/mol. The normalized spacial score (nSPS) is 10.5. The van der Waals surface area contributed by atoms with Gasteiger partial charge in [-0.3, -0.25) is 4.79 Å². The molecule has 1 aromatic heterocycles. The van der Waals surface area contributed by atoms with Crippen molar-refractivity contribution >= 4 is 21.6 Å². The molecule has 0 aliphatic carbocycles. The predicted molar refractivity (Wildman–Crippen MR) is 73.1 cm³/mol. The Bertz CT molecular complexity index is 605. The number of pyridine rings is 1. The van der Waals surface area contributed by atoms with E-state index in [0.29, 0.717) is 12.2 Å². The van der Waals surface area contributed by atoms with Crippen LogP contribution in [0.5, 0.6) is 0 Å². The fourth-order valence-electron chi connectivity index (χ4n) is 1.67. The average molecular weight is 293 g/mol. The number of nitrogens with two attached hydrogens (primary N) is 1. The maximum atomic E-state index is 11.8. The maximum Gasteiger partial charge on any atom is 0.253 e. The highest BCUT2D eigenvalue weighted by Gasteiger charge is 2.02. The number of anilines is 1. The fourth-order valence-corrected chi connectivity index (χ4v) is 1.92. The summed E-state index contributed by atoms with van der Waals surface area (Å²) >= 11 is 3.35. The van der Waals surface area contributed by atoms with Crippen molar-refractivity contribution in [1.82, 2.24) is 4.57 Å². The van der Waals surface area contributed by atoms with E-state index in [-0.39, 0.29) is 5.56 Å². The summed E-state index contributed by atoms with van der Waals surface area (Å²) in [6.45, 7) is 2.35. The van der Waals surface area contributed by atoms with E-state index in [1.165, 1.54) is 0 Å². The lowest BCUT2D eigenvalue weighted by Gasteiger charge is -2.08. The van der Waals surface area contributed by atoms with Crippen LogP contribution in [0.2, 0.25) is 0 Å². The van der Waals surface area contributed by atoms with E-state index in [0.717, 1.165) is 15.6 Å². The average Bonchev–Trinajstić information content (AvgIpc) is 2.30. The molecule has 0 saturated heterocycles. The molecule has 1 heterocycles. The van der Waals surface area contributed by atoms with E-state index in [1.807, 2.05) is 37.3 Å². The molecule has 2 aromatic rings. The molecule has 0 bridgehead atoms. The molecule has 88 valence electrons. The number of nitrogens with zero attached hydrogens (tertiary/aromatic N) is 1. The third-order valence-electron chi connectivity index (χ3n) is 2.62. The number of nitrogen functional groups attached to an aromatic ring is 1. The number of rotatable bonds is 2. The Morgan fingerprint density at radius 3 is 2.82 bits per heavy atom. The summed E-state index contributed by atoms with van der Waals surface area (Å²) in [5.74, 6) is 0. The summed E-state index contributed by atoms with van der Waals surface area (Å²) in [6.07, 6.45) is 1.79. The van der Waals surface area contributed by atoms with Crippen molar-refractivity contribution < 1.29 is 0 Å². The Hall–Kier alpha value is -1.55. The molecule has 0 aliphatic rings. The number of benzene rings is 1. The maximum absolute atomic E-state index is 11.8. The summed E-state index contributed by atoms with van der Waals surface area (Å²) in [7, 11) is 0. The van der Waals surface area contributed by atoms with Crippen molar-refractivity contribution in [2.24, 2.45) is 0 Å². The Balaban J connectivity index is 2.35. The van der Waals surface area contributed by atoms with Gasteiger partial charge in [0.15, 0.2) is 0 Å². The van der Waals surface area contributed by atoms with E-state index < -0.39 is 0 Å². The highest BCUT2D eigenvalue weighted by atomic mass is 79.9. The number of hydrogen-bond donors (Lipinski definition) is 1. The van der Waals surface area contributed by atoms with Gasteiger partial charge in [0.1, 0.15) is 0 Å². The molecule has 0 aliphatic heterocycles. The molecule has 2 rings (SSSR count). The number of halogens is 1. The highest BCUT2D eigenvalue weighted by molar-refractivity contribution is 9.10. The molecule has 0 atom stereocenters. The van der Waals surface area contributed by atoms with Crippen LogP contribution in [0.4, 0.5) is 5.69 Å². The number of aromatic nitrogens is 1. The molecule has 2 N–H and O–H groups in total. The first-order valence-electron chi connectivity index (χ1n) is 5.28. The molecule has 0 radical (unpaired) electrons. The van der Waals surface area contributed by atoms with Crippen LogP contribution in [-0.2, 0) is 6.54 Å². The van der Waals surface area contributed by atoms with E-state index in [4.69, 9.17) is 5.73 Å². The predicted octanol–water partition coefficient (Wildman–Crippen LogP) is 2.55. The van der Waals surface area contributed by atoms with Gasteiger partial charge in [-0.15, -0.1) is 0 Å². The van der Waals surface area contributed by atoms with Gasteiger partial charge in [-0.25, -0.2) is 0 Å². The second kappa shape index (κ2) is 4.75. The van der Waals surface area contributed by atoms with Gasteiger partial charge in [-0.1, -0.05) is 12.1 Å². The van der Waals surface area contributed by atoms with Crippen LogP contribution in [0.1, 0.15) is 11.1 Å². The molecule has 0 fully saturated rings. The SMILES string of the molecule is Cc1cccn(Cc2ccc(Br)c(N)c2)c1=O. The van der Waals surface area contributed by atoms with Crippen molar-refractivity contribution in [3.8, 4) is 0 Å². The first-order chi connectivity index (χ1) is 8.08. The zero-order valence-electron chi connectivity index (χ0n) is 9.48. The third-order valence-corrected chi connectivity index (χ3v) is 3.35. The van der Waals surface area contributed by atoms with Gasteiger partial charge in [0.05, 0.1) is 6.54 Å². The van der Waals surface area contributed by atoms with Crippen LogP contribution >= 0.6 is 15.9 Å². The molecular formula is C13H13BrN2O. The van der Waals surface area contributed by atoms with Crippen molar-refractivity contribution in [2.45, 2.75) is 13.5 Å². The van der Waals surface area contributed by atoms with Crippen LogP contribution in [0.3, 0.4) is 0 Å². The van der Waals surface area contributed by atoms with Gasteiger partial charge in [0, 0.05) is 21.9 Å². The van der Waals surface area contributed by atoms with Crippen LogP contribution < -0.4 is 11.3 Å². The second-order valence-electron chi connectivity index (χ2n) is 3.98. The number of hydrogen-bond acceptors (Lipinski definition) is 2. The Morgan fingerprint density at radius 1 is 1.35 bits per heavy atom. The van der Waals surface area contributed by atoms with Crippen molar-refractivity contribution in [3.05, 3.63) is 62.5 Å². The largest absolute Gasteiger partial charge is 0.398 e. The van der Waals surface area contributed by atoms with Gasteiger partial charge < -0.3 is 10.3 Å². The smallest absolute Gasteiger partial charge is 0.253 e. The Kier molecular flexibility index (Phi) is 3.33. The zero-order chi connectivity index (χ0) is 12.4. The lowest BCUT2D eigenvalue weighted by Crippen LogP contribution is -2.21. The first kappa shape index (κ1) is 11.9. The standard InChI is InChI=1S/C13H13BrN2O/c1-9-3-2-6-16(13(9)17)8-10-4-5-11(14)12(15)7-10/h2-7H,8,15H2,1H3. The van der Waals surface area contributed by atoms with Crippen molar-refractivity contribution in [2.75, 3.05) is 5.73 Å². The lowest BCUT2D eigenvalue weighted by molar-refractivity contribution is 0.752. The van der Waals surface area contributed by atoms with Crippen molar-refractivity contribution in [1.29, 1.82) is 0 Å². The molecule has 4 heteroatoms. The van der Waals surface area contributed by atoms with Gasteiger partial charge in [-0.2, -0.15) is 0 Å². The minimum absolute atomic E-state index is 0.0361. The minimum atomic E-state index is 0.0361. The molecule has 1 aromatic carbocycles.